The van der Waals surface area contributed by atoms with Crippen molar-refractivity contribution in [1.29, 1.82) is 0 Å². The van der Waals surface area contributed by atoms with E-state index in [4.69, 9.17) is 19.5 Å². The molecule has 0 saturated carbocycles. The third-order valence-corrected chi connectivity index (χ3v) is 7.04. The summed E-state index contributed by atoms with van der Waals surface area (Å²) < 4.78 is 95.7. The van der Waals surface area contributed by atoms with E-state index in [1.54, 1.807) is 78.9 Å². The first kappa shape index (κ1) is 19.8. The number of hydrogen-bond donors (Lipinski definition) is 0. The van der Waals surface area contributed by atoms with Gasteiger partial charge in [0.15, 0.2) is 0 Å². The van der Waals surface area contributed by atoms with Crippen molar-refractivity contribution in [2.24, 2.45) is 0 Å². The molecule has 0 saturated heterocycles. The average molecular weight is 775 g/mol. The van der Waals surface area contributed by atoms with Crippen LogP contribution in [0.2, 0.25) is 0 Å². The summed E-state index contributed by atoms with van der Waals surface area (Å²) in [5.74, 6) is 0. The summed E-state index contributed by atoms with van der Waals surface area (Å²) in [5, 5.41) is 1.27. The SMILES string of the molecule is [2H]C([2H])([2H])c1ccc(-c2[c-]cccc2)nc1.[2H]C1([2H])CCC([2H])([2H])c2nc(-c3[c-]ccc4c3oc3nc(C([2H])([2H])C([2H])([2H])c5ccccc5)ccc34)ccc21.[Ir]. The minimum Gasteiger partial charge on any atom is -0.486 e. The van der Waals surface area contributed by atoms with Gasteiger partial charge in [-0.3, -0.25) is 0 Å². The first-order valence-corrected chi connectivity index (χ1v) is 14.2. The van der Waals surface area contributed by atoms with Gasteiger partial charge in [-0.1, -0.05) is 65.5 Å². The minimum atomic E-state index is -2.47. The van der Waals surface area contributed by atoms with Gasteiger partial charge in [-0.2, -0.15) is 0 Å². The van der Waals surface area contributed by atoms with E-state index in [1.165, 1.54) is 12.3 Å². The Kier molecular flexibility index (Phi) is 6.22. The zero-order valence-electron chi connectivity index (χ0n) is 34.9. The van der Waals surface area contributed by atoms with E-state index in [-0.39, 0.29) is 66.7 Å². The van der Waals surface area contributed by atoms with E-state index in [0.29, 0.717) is 27.6 Å². The van der Waals surface area contributed by atoms with Gasteiger partial charge in [0, 0.05) is 58.2 Å². The van der Waals surface area contributed by atoms with Crippen LogP contribution < -0.4 is 0 Å². The molecule has 0 amide bonds. The van der Waals surface area contributed by atoms with Crippen LogP contribution in [0.4, 0.5) is 0 Å². The zero-order chi connectivity index (χ0) is 39.4. The van der Waals surface area contributed by atoms with Gasteiger partial charge in [-0.05, 0) is 85.4 Å². The Morgan fingerprint density at radius 2 is 1.67 bits per heavy atom. The van der Waals surface area contributed by atoms with Gasteiger partial charge in [-0.15, -0.1) is 54.1 Å². The maximum atomic E-state index is 8.66. The normalized spacial score (nSPS) is 19.0. The molecule has 0 bridgehead atoms. The molecule has 3 aromatic carbocycles. The molecule has 7 aromatic rings. The van der Waals surface area contributed by atoms with Crippen molar-refractivity contribution in [2.75, 3.05) is 0 Å². The Morgan fingerprint density at radius 1 is 0.800 bits per heavy atom. The fourth-order valence-electron chi connectivity index (χ4n) is 4.90. The Hall–Kier alpha value is -4.44. The van der Waals surface area contributed by atoms with Crippen LogP contribution in [-0.2, 0) is 45.6 Å². The predicted octanol–water partition coefficient (Wildman–Crippen LogP) is 9.36. The molecule has 45 heavy (non-hydrogen) atoms. The van der Waals surface area contributed by atoms with Gasteiger partial charge < -0.3 is 14.4 Å². The van der Waals surface area contributed by atoms with Crippen LogP contribution in [-0.4, -0.2) is 15.0 Å². The van der Waals surface area contributed by atoms with Gasteiger partial charge in [0.2, 0.25) is 5.71 Å². The van der Waals surface area contributed by atoms with E-state index in [0.717, 1.165) is 11.3 Å². The van der Waals surface area contributed by atoms with E-state index in [2.05, 4.69) is 27.1 Å². The molecule has 0 atom stereocenters. The fraction of sp³-hybridized carbons (Fsp3) is 0.175. The molecule has 1 aliphatic carbocycles. The van der Waals surface area contributed by atoms with Crippen molar-refractivity contribution in [1.82, 2.24) is 15.0 Å². The second kappa shape index (κ2) is 14.1. The van der Waals surface area contributed by atoms with E-state index in [9.17, 15) is 0 Å². The topological polar surface area (TPSA) is 51.8 Å². The predicted molar refractivity (Wildman–Crippen MR) is 177 cm³/mol. The first-order chi connectivity index (χ1) is 25.9. The molecule has 4 aromatic heterocycles. The fourth-order valence-corrected chi connectivity index (χ4v) is 4.90. The van der Waals surface area contributed by atoms with Crippen molar-refractivity contribution in [2.45, 2.75) is 45.2 Å². The van der Waals surface area contributed by atoms with Crippen molar-refractivity contribution >= 4 is 22.1 Å². The number of pyridine rings is 3. The molecule has 0 fully saturated rings. The summed E-state index contributed by atoms with van der Waals surface area (Å²) in [6.45, 7) is -2.09. The van der Waals surface area contributed by atoms with Crippen LogP contribution in [0.5, 0.6) is 0 Å². The minimum absolute atomic E-state index is 0. The molecule has 0 aliphatic heterocycles. The quantitative estimate of drug-likeness (QED) is 0.164. The number of benzene rings is 3. The number of nitrogens with zero attached hydrogens (tertiary/aromatic N) is 3. The molecule has 0 unspecified atom stereocenters. The monoisotopic (exact) mass is 775 g/mol. The van der Waals surface area contributed by atoms with Crippen LogP contribution in [0.3, 0.4) is 0 Å². The van der Waals surface area contributed by atoms with Gasteiger partial charge >= 0.3 is 0 Å². The van der Waals surface area contributed by atoms with Crippen molar-refractivity contribution in [3.05, 3.63) is 150 Å². The van der Waals surface area contributed by atoms with Crippen molar-refractivity contribution < 1.29 is 39.6 Å². The molecule has 8 rings (SSSR count). The second-order valence-electron chi connectivity index (χ2n) is 10.0. The molecule has 1 aliphatic rings. The summed E-state index contributed by atoms with van der Waals surface area (Å²) in [4.78, 5) is 13.1. The Balaban J connectivity index is 0.000000263. The number of aromatic nitrogens is 3. The van der Waals surface area contributed by atoms with Crippen LogP contribution >= 0.6 is 0 Å². The maximum Gasteiger partial charge on any atom is 0.216 e. The summed E-state index contributed by atoms with van der Waals surface area (Å²) in [6, 6.07) is 34.8. The molecule has 0 spiro atoms. The zero-order valence-corrected chi connectivity index (χ0v) is 26.3. The number of rotatable bonds is 5. The summed E-state index contributed by atoms with van der Waals surface area (Å²) in [5.41, 5.74) is 3.54. The van der Waals surface area contributed by atoms with Crippen LogP contribution in [0, 0.1) is 19.0 Å². The molecule has 1 radical (unpaired) electrons. The van der Waals surface area contributed by atoms with Gasteiger partial charge in [0.05, 0.1) is 5.58 Å². The smallest absolute Gasteiger partial charge is 0.216 e. The van der Waals surface area contributed by atoms with Crippen LogP contribution in [0.1, 0.15) is 56.0 Å². The largest absolute Gasteiger partial charge is 0.486 e. The van der Waals surface area contributed by atoms with Gasteiger partial charge in [0.25, 0.3) is 0 Å². The second-order valence-corrected chi connectivity index (χ2v) is 10.0. The first-order valence-electron chi connectivity index (χ1n) is 19.7. The van der Waals surface area contributed by atoms with Crippen LogP contribution in [0.25, 0.3) is 44.6 Å². The molecule has 4 heterocycles. The third-order valence-electron chi connectivity index (χ3n) is 7.04. The Bertz CT molecular complexity index is 2490. The number of fused-ring (bicyclic) bond motifs is 4. The summed E-state index contributed by atoms with van der Waals surface area (Å²) in [7, 11) is 0. The van der Waals surface area contributed by atoms with E-state index in [1.807, 2.05) is 18.2 Å². The van der Waals surface area contributed by atoms with E-state index >= 15 is 0 Å². The van der Waals surface area contributed by atoms with Gasteiger partial charge in [-0.25, -0.2) is 4.98 Å². The maximum absolute atomic E-state index is 8.66. The molecular formula is C40H33IrN3O-2. The standard InChI is InChI=1S/C28H23N2O.C12H10N.Ir/c1-2-7-19(8-3-1)13-15-21-16-17-23-22-10-6-11-24(27(22)31-28(23)29-21)26-18-14-20-9-4-5-12-25(20)30-26;1-10-7-8-12(13-9-10)11-5-3-2-4-6-11;/h1-3,6-8,10,14,16-18H,4-5,9,12-13,15H2;2-5,7-9H,1H3;/q2*-1;/i9D2,12D2,13D2,15D2;1D3;. The third kappa shape index (κ3) is 6.96. The van der Waals surface area contributed by atoms with Crippen molar-refractivity contribution in [3.63, 3.8) is 0 Å². The average Bonchev–Trinajstić information content (AvgIpc) is 3.55. The molecule has 5 heteroatoms. The number of hydrogen-bond acceptors (Lipinski definition) is 4. The molecule has 225 valence electrons. The number of furan rings is 1. The molecule has 4 nitrogen and oxygen atoms in total. The summed E-state index contributed by atoms with van der Waals surface area (Å²) in [6.07, 6.45) is -6.80. The molecule has 0 N–H and O–H groups in total. The Labute approximate surface area is 293 Å². The summed E-state index contributed by atoms with van der Waals surface area (Å²) >= 11 is 0. The Morgan fingerprint density at radius 3 is 2.49 bits per heavy atom. The van der Waals surface area contributed by atoms with Crippen molar-refractivity contribution in [3.8, 4) is 22.5 Å². The van der Waals surface area contributed by atoms with E-state index < -0.39 is 32.3 Å². The molecular weight excluding hydrogens is 731 g/mol. The van der Waals surface area contributed by atoms with Crippen LogP contribution in [0.15, 0.2) is 114 Å². The van der Waals surface area contributed by atoms with Gasteiger partial charge in [0.1, 0.15) is 0 Å². The number of aryl methyl sites for hydroxylation is 5.